The molecule has 1 aliphatic rings. The first kappa shape index (κ1) is 15.3. The molecule has 1 heterocycles. The largest absolute Gasteiger partial charge is 0.342 e. The molecule has 0 N–H and O–H groups in total. The molecule has 0 unspecified atom stereocenters. The Kier molecular flexibility index (Phi) is 4.57. The summed E-state index contributed by atoms with van der Waals surface area (Å²) in [5.74, 6) is -0.783. The van der Waals surface area contributed by atoms with E-state index >= 15 is 0 Å². The van der Waals surface area contributed by atoms with Crippen molar-refractivity contribution in [1.82, 2.24) is 0 Å². The van der Waals surface area contributed by atoms with E-state index in [0.29, 0.717) is 22.0 Å². The minimum Gasteiger partial charge on any atom is -0.342 e. The Balaban J connectivity index is 1.90. The molecule has 21 heavy (non-hydrogen) atoms. The van der Waals surface area contributed by atoms with E-state index in [-0.39, 0.29) is 6.10 Å². The first-order chi connectivity index (χ1) is 10.1. The van der Waals surface area contributed by atoms with Crippen molar-refractivity contribution >= 4 is 39.1 Å². The molecule has 2 aromatic carbocycles. The van der Waals surface area contributed by atoms with Crippen LogP contribution in [0, 0.1) is 0 Å². The summed E-state index contributed by atoms with van der Waals surface area (Å²) < 4.78 is 12.2. The molecule has 2 nitrogen and oxygen atoms in total. The first-order valence-electron chi connectivity index (χ1n) is 6.53. The van der Waals surface area contributed by atoms with Gasteiger partial charge in [0.15, 0.2) is 0 Å². The van der Waals surface area contributed by atoms with Gasteiger partial charge in [0.25, 0.3) is 0 Å². The summed E-state index contributed by atoms with van der Waals surface area (Å²) in [6, 6.07) is 15.3. The van der Waals surface area contributed by atoms with Crippen molar-refractivity contribution in [2.45, 2.75) is 11.9 Å². The normalized spacial score (nSPS) is 25.2. The molecule has 0 radical (unpaired) electrons. The highest BCUT2D eigenvalue weighted by Gasteiger charge is 2.43. The third-order valence-corrected chi connectivity index (χ3v) is 4.80. The van der Waals surface area contributed by atoms with Gasteiger partial charge in [0.05, 0.1) is 11.9 Å². The maximum absolute atomic E-state index is 6.26. The van der Waals surface area contributed by atoms with Crippen molar-refractivity contribution in [2.24, 2.45) is 0 Å². The molecule has 0 aromatic heterocycles. The standard InChI is InChI=1S/C16H13BrCl2O2/c17-10-16(11-4-2-1-3-5-11)20-9-15(21-16)13-7-6-12(18)8-14(13)19/h1-8,15H,9-10H2/t15-,16+/m0/s1. The van der Waals surface area contributed by atoms with Crippen molar-refractivity contribution in [3.05, 3.63) is 69.7 Å². The van der Waals surface area contributed by atoms with Gasteiger partial charge in [-0.2, -0.15) is 0 Å². The molecule has 0 bridgehead atoms. The lowest BCUT2D eigenvalue weighted by atomic mass is 10.1. The zero-order valence-corrected chi connectivity index (χ0v) is 14.2. The molecule has 2 aromatic rings. The van der Waals surface area contributed by atoms with E-state index in [0.717, 1.165) is 11.1 Å². The van der Waals surface area contributed by atoms with Crippen LogP contribution in [0.2, 0.25) is 10.0 Å². The number of rotatable bonds is 3. The molecular weight excluding hydrogens is 375 g/mol. The molecule has 1 aliphatic heterocycles. The van der Waals surface area contributed by atoms with Crippen LogP contribution in [0.15, 0.2) is 48.5 Å². The lowest BCUT2D eigenvalue weighted by molar-refractivity contribution is -0.157. The summed E-state index contributed by atoms with van der Waals surface area (Å²) in [5, 5.41) is 1.75. The van der Waals surface area contributed by atoms with E-state index in [9.17, 15) is 0 Å². The minimum absolute atomic E-state index is 0.215. The van der Waals surface area contributed by atoms with Gasteiger partial charge >= 0.3 is 0 Å². The Morgan fingerprint density at radius 1 is 1.14 bits per heavy atom. The third-order valence-electron chi connectivity index (χ3n) is 3.50. The van der Waals surface area contributed by atoms with Gasteiger partial charge in [0.1, 0.15) is 6.10 Å². The Labute approximate surface area is 142 Å². The van der Waals surface area contributed by atoms with Crippen molar-refractivity contribution < 1.29 is 9.47 Å². The quantitative estimate of drug-likeness (QED) is 0.662. The van der Waals surface area contributed by atoms with Crippen molar-refractivity contribution in [2.75, 3.05) is 11.9 Å². The van der Waals surface area contributed by atoms with E-state index in [4.69, 9.17) is 32.7 Å². The number of alkyl halides is 1. The predicted molar refractivity (Wildman–Crippen MR) is 88.2 cm³/mol. The summed E-state index contributed by atoms with van der Waals surface area (Å²) in [5.41, 5.74) is 1.87. The van der Waals surface area contributed by atoms with Crippen molar-refractivity contribution in [1.29, 1.82) is 0 Å². The fourth-order valence-electron chi connectivity index (χ4n) is 2.41. The topological polar surface area (TPSA) is 18.5 Å². The Hall–Kier alpha value is -0.580. The van der Waals surface area contributed by atoms with Gasteiger partial charge in [-0.3, -0.25) is 0 Å². The van der Waals surface area contributed by atoms with E-state index in [2.05, 4.69) is 15.9 Å². The molecule has 110 valence electrons. The summed E-state index contributed by atoms with van der Waals surface area (Å²) in [4.78, 5) is 0. The Bertz CT molecular complexity index is 635. The molecule has 0 aliphatic carbocycles. The summed E-state index contributed by atoms with van der Waals surface area (Å²) in [6.07, 6.45) is -0.215. The van der Waals surface area contributed by atoms with Crippen LogP contribution in [-0.4, -0.2) is 11.9 Å². The highest BCUT2D eigenvalue weighted by atomic mass is 79.9. The van der Waals surface area contributed by atoms with Gasteiger partial charge < -0.3 is 9.47 Å². The Morgan fingerprint density at radius 2 is 1.90 bits per heavy atom. The van der Waals surface area contributed by atoms with Crippen LogP contribution < -0.4 is 0 Å². The van der Waals surface area contributed by atoms with Crippen molar-refractivity contribution in [3.8, 4) is 0 Å². The van der Waals surface area contributed by atoms with E-state index < -0.39 is 5.79 Å². The number of hydrogen-bond acceptors (Lipinski definition) is 2. The maximum Gasteiger partial charge on any atom is 0.205 e. The molecule has 0 amide bonds. The SMILES string of the molecule is Clc1ccc([C@@H]2CO[C@@](CBr)(c3ccccc3)O2)c(Cl)c1. The molecule has 1 saturated heterocycles. The number of ether oxygens (including phenoxy) is 2. The monoisotopic (exact) mass is 386 g/mol. The third kappa shape index (κ3) is 2.99. The van der Waals surface area contributed by atoms with Crippen molar-refractivity contribution in [3.63, 3.8) is 0 Å². The smallest absolute Gasteiger partial charge is 0.205 e. The number of benzene rings is 2. The predicted octanol–water partition coefficient (Wildman–Crippen LogP) is 5.33. The maximum atomic E-state index is 6.26. The van der Waals surface area contributed by atoms with Gasteiger partial charge in [0.2, 0.25) is 5.79 Å². The van der Waals surface area contributed by atoms with E-state index in [1.807, 2.05) is 42.5 Å². The summed E-state index contributed by atoms with van der Waals surface area (Å²) in [6.45, 7) is 0.446. The van der Waals surface area contributed by atoms with Crippen LogP contribution in [-0.2, 0) is 15.3 Å². The second-order valence-corrected chi connectivity index (χ2v) is 6.24. The van der Waals surface area contributed by atoms with E-state index in [1.54, 1.807) is 6.07 Å². The van der Waals surface area contributed by atoms with Crippen LogP contribution >= 0.6 is 39.1 Å². The zero-order valence-electron chi connectivity index (χ0n) is 11.1. The molecule has 0 spiro atoms. The average molecular weight is 388 g/mol. The highest BCUT2D eigenvalue weighted by Crippen LogP contribution is 2.43. The Morgan fingerprint density at radius 3 is 2.57 bits per heavy atom. The fraction of sp³-hybridized carbons (Fsp3) is 0.250. The summed E-state index contributed by atoms with van der Waals surface area (Å²) in [7, 11) is 0. The van der Waals surface area contributed by atoms with Crippen LogP contribution in [0.5, 0.6) is 0 Å². The minimum atomic E-state index is -0.783. The molecule has 0 saturated carbocycles. The second kappa shape index (κ2) is 6.27. The highest BCUT2D eigenvalue weighted by molar-refractivity contribution is 9.09. The van der Waals surface area contributed by atoms with E-state index in [1.165, 1.54) is 0 Å². The molecule has 1 fully saturated rings. The van der Waals surface area contributed by atoms with Gasteiger partial charge in [-0.25, -0.2) is 0 Å². The van der Waals surface area contributed by atoms with Crippen LogP contribution in [0.1, 0.15) is 17.2 Å². The zero-order chi connectivity index (χ0) is 14.9. The summed E-state index contributed by atoms with van der Waals surface area (Å²) >= 11 is 15.7. The van der Waals surface area contributed by atoms with Gasteiger partial charge in [0, 0.05) is 21.2 Å². The molecule has 3 rings (SSSR count). The van der Waals surface area contributed by atoms with Gasteiger partial charge in [-0.1, -0.05) is 75.5 Å². The van der Waals surface area contributed by atoms with Gasteiger partial charge in [-0.15, -0.1) is 0 Å². The lowest BCUT2D eigenvalue weighted by Crippen LogP contribution is -2.29. The number of halogens is 3. The van der Waals surface area contributed by atoms with Crippen LogP contribution in [0.3, 0.4) is 0 Å². The number of hydrogen-bond donors (Lipinski definition) is 0. The fourth-order valence-corrected chi connectivity index (χ4v) is 3.56. The van der Waals surface area contributed by atoms with Crippen LogP contribution in [0.25, 0.3) is 0 Å². The first-order valence-corrected chi connectivity index (χ1v) is 8.40. The van der Waals surface area contributed by atoms with Gasteiger partial charge in [-0.05, 0) is 12.1 Å². The van der Waals surface area contributed by atoms with Crippen LogP contribution in [0.4, 0.5) is 0 Å². The molecule has 2 atom stereocenters. The molecular formula is C16H13BrCl2O2. The molecule has 5 heteroatoms. The average Bonchev–Trinajstić information content (AvgIpc) is 2.94. The second-order valence-electron chi connectivity index (χ2n) is 4.84. The lowest BCUT2D eigenvalue weighted by Gasteiger charge is -2.26.